The highest BCUT2D eigenvalue weighted by Crippen LogP contribution is 2.34. The van der Waals surface area contributed by atoms with E-state index in [1.807, 2.05) is 44.0 Å². The summed E-state index contributed by atoms with van der Waals surface area (Å²) >= 11 is 0. The Morgan fingerprint density at radius 1 is 1.17 bits per heavy atom. The van der Waals surface area contributed by atoms with Crippen molar-refractivity contribution in [2.24, 2.45) is 0 Å². The van der Waals surface area contributed by atoms with Crippen LogP contribution in [0.1, 0.15) is 37.6 Å². The summed E-state index contributed by atoms with van der Waals surface area (Å²) in [5.74, 6) is -0.396. The van der Waals surface area contributed by atoms with Crippen molar-refractivity contribution in [1.82, 2.24) is 19.7 Å². The van der Waals surface area contributed by atoms with Gasteiger partial charge in [-0.25, -0.2) is 14.5 Å². The summed E-state index contributed by atoms with van der Waals surface area (Å²) in [5.41, 5.74) is 5.25. The number of ether oxygens (including phenoxy) is 2. The van der Waals surface area contributed by atoms with E-state index in [0.29, 0.717) is 26.4 Å². The van der Waals surface area contributed by atoms with Crippen LogP contribution >= 0.6 is 0 Å². The van der Waals surface area contributed by atoms with Gasteiger partial charge in [0.15, 0.2) is 5.65 Å². The topological polar surface area (TPSA) is 79.1 Å². The molecule has 0 radical (unpaired) electrons. The number of aryl methyl sites for hydroxylation is 2. The van der Waals surface area contributed by atoms with Gasteiger partial charge < -0.3 is 9.47 Å². The zero-order valence-corrected chi connectivity index (χ0v) is 17.3. The van der Waals surface area contributed by atoms with Gasteiger partial charge in [0.2, 0.25) is 0 Å². The Kier molecular flexibility index (Phi) is 6.72. The van der Waals surface area contributed by atoms with Crippen molar-refractivity contribution in [2.75, 3.05) is 13.2 Å². The highest BCUT2D eigenvalue weighted by atomic mass is 16.5. The van der Waals surface area contributed by atoms with Crippen molar-refractivity contribution >= 4 is 23.1 Å². The minimum absolute atomic E-state index is 0.324. The Morgan fingerprint density at radius 2 is 2.00 bits per heavy atom. The van der Waals surface area contributed by atoms with E-state index in [4.69, 9.17) is 14.5 Å². The number of fused-ring (bicyclic) bond motifs is 1. The Hall–Kier alpha value is -3.06. The van der Waals surface area contributed by atoms with E-state index in [0.717, 1.165) is 39.0 Å². The van der Waals surface area contributed by atoms with Gasteiger partial charge in [-0.3, -0.25) is 4.98 Å². The Balaban J connectivity index is 2.30. The highest BCUT2D eigenvalue weighted by molar-refractivity contribution is 5.99. The molecule has 7 nitrogen and oxygen atoms in total. The van der Waals surface area contributed by atoms with Crippen molar-refractivity contribution in [3.05, 3.63) is 47.6 Å². The number of nitrogens with zero attached hydrogens (tertiary/aromatic N) is 4. The first kappa shape index (κ1) is 20.7. The molecule has 0 bridgehead atoms. The smallest absolute Gasteiger partial charge is 0.330 e. The van der Waals surface area contributed by atoms with Gasteiger partial charge >= 0.3 is 5.97 Å². The van der Waals surface area contributed by atoms with Crippen molar-refractivity contribution in [3.63, 3.8) is 0 Å². The molecule has 0 aliphatic carbocycles. The average molecular weight is 394 g/mol. The molecule has 0 aromatic carbocycles. The maximum Gasteiger partial charge on any atom is 0.330 e. The molecule has 0 N–H and O–H groups in total. The Labute approximate surface area is 170 Å². The molecule has 7 heteroatoms. The quantitative estimate of drug-likeness (QED) is 0.425. The lowest BCUT2D eigenvalue weighted by Gasteiger charge is -2.14. The molecule has 0 saturated heterocycles. The molecule has 0 amide bonds. The van der Waals surface area contributed by atoms with E-state index in [-0.39, 0.29) is 0 Å². The molecule has 0 saturated carbocycles. The third-order valence-corrected chi connectivity index (χ3v) is 4.48. The minimum Gasteiger partial charge on any atom is -0.463 e. The van der Waals surface area contributed by atoms with Gasteiger partial charge in [0.25, 0.3) is 0 Å². The molecule has 3 aromatic rings. The van der Waals surface area contributed by atoms with Crippen LogP contribution in [-0.2, 0) is 27.4 Å². The summed E-state index contributed by atoms with van der Waals surface area (Å²) in [4.78, 5) is 21.2. The van der Waals surface area contributed by atoms with E-state index in [1.165, 1.54) is 6.08 Å². The lowest BCUT2D eigenvalue weighted by atomic mass is 9.96. The summed E-state index contributed by atoms with van der Waals surface area (Å²) in [6.07, 6.45) is 8.62. The average Bonchev–Trinajstić information content (AvgIpc) is 3.12. The Bertz CT molecular complexity index is 1040. The molecule has 0 unspecified atom stereocenters. The zero-order chi connectivity index (χ0) is 20.8. The standard InChI is InChI=1S/C22H26N4O3/c1-5-26-22-18(13-24-26)21(16-10-15(4)11-23-12-16)17(8-9-20(27)29-7-3)19(25-22)14-28-6-2/h8-13H,5-7,14H2,1-4H3/b9-8+. The highest BCUT2D eigenvalue weighted by Gasteiger charge is 2.19. The van der Waals surface area contributed by atoms with Gasteiger partial charge in [0.1, 0.15) is 0 Å². The van der Waals surface area contributed by atoms with Crippen molar-refractivity contribution in [3.8, 4) is 11.1 Å². The third kappa shape index (κ3) is 4.51. The van der Waals surface area contributed by atoms with Gasteiger partial charge in [-0.05, 0) is 45.4 Å². The second kappa shape index (κ2) is 9.43. The van der Waals surface area contributed by atoms with E-state index < -0.39 is 5.97 Å². The normalized spacial score (nSPS) is 11.4. The van der Waals surface area contributed by atoms with Crippen LogP contribution in [0.2, 0.25) is 0 Å². The summed E-state index contributed by atoms with van der Waals surface area (Å²) in [5, 5.41) is 5.39. The fraction of sp³-hybridized carbons (Fsp3) is 0.364. The van der Waals surface area contributed by atoms with Crippen molar-refractivity contribution < 1.29 is 14.3 Å². The van der Waals surface area contributed by atoms with Crippen molar-refractivity contribution in [2.45, 2.75) is 40.8 Å². The van der Waals surface area contributed by atoms with Gasteiger partial charge in [0, 0.05) is 53.7 Å². The summed E-state index contributed by atoms with van der Waals surface area (Å²) in [7, 11) is 0. The summed E-state index contributed by atoms with van der Waals surface area (Å²) in [6, 6.07) is 2.07. The molecule has 0 aliphatic rings. The Morgan fingerprint density at radius 3 is 2.69 bits per heavy atom. The number of hydrogen-bond donors (Lipinski definition) is 0. The van der Waals surface area contributed by atoms with Gasteiger partial charge in [-0.1, -0.05) is 0 Å². The van der Waals surface area contributed by atoms with Crippen LogP contribution in [0.3, 0.4) is 0 Å². The molecule has 152 valence electrons. The minimum atomic E-state index is -0.396. The first-order chi connectivity index (χ1) is 14.1. The van der Waals surface area contributed by atoms with Gasteiger partial charge in [-0.15, -0.1) is 0 Å². The number of esters is 1. The monoisotopic (exact) mass is 394 g/mol. The number of pyridine rings is 2. The number of hydrogen-bond acceptors (Lipinski definition) is 6. The maximum absolute atomic E-state index is 12.0. The number of aromatic nitrogens is 4. The molecule has 0 fully saturated rings. The number of carbonyl (C=O) groups excluding carboxylic acids is 1. The van der Waals surface area contributed by atoms with Crippen molar-refractivity contribution in [1.29, 1.82) is 0 Å². The summed E-state index contributed by atoms with van der Waals surface area (Å²) < 4.78 is 12.6. The molecule has 0 atom stereocenters. The zero-order valence-electron chi connectivity index (χ0n) is 17.3. The fourth-order valence-corrected chi connectivity index (χ4v) is 3.21. The first-order valence-electron chi connectivity index (χ1n) is 9.81. The predicted octanol–water partition coefficient (Wildman–Crippen LogP) is 3.93. The second-order valence-electron chi connectivity index (χ2n) is 6.52. The lowest BCUT2D eigenvalue weighted by Crippen LogP contribution is -2.05. The van der Waals surface area contributed by atoms with Crippen LogP contribution in [0.5, 0.6) is 0 Å². The van der Waals surface area contributed by atoms with Crippen LogP contribution in [0, 0.1) is 6.92 Å². The van der Waals surface area contributed by atoms with Gasteiger partial charge in [-0.2, -0.15) is 5.10 Å². The van der Waals surface area contributed by atoms with E-state index in [9.17, 15) is 4.79 Å². The molecule has 0 spiro atoms. The van der Waals surface area contributed by atoms with E-state index in [1.54, 1.807) is 13.0 Å². The third-order valence-electron chi connectivity index (χ3n) is 4.48. The molecular formula is C22H26N4O3. The van der Waals surface area contributed by atoms with E-state index >= 15 is 0 Å². The molecule has 29 heavy (non-hydrogen) atoms. The lowest BCUT2D eigenvalue weighted by molar-refractivity contribution is -0.137. The van der Waals surface area contributed by atoms with Crippen LogP contribution in [0.15, 0.2) is 30.7 Å². The van der Waals surface area contributed by atoms with Crippen LogP contribution in [0.4, 0.5) is 0 Å². The second-order valence-corrected chi connectivity index (χ2v) is 6.52. The molecule has 0 aliphatic heterocycles. The first-order valence-corrected chi connectivity index (χ1v) is 9.81. The SMILES string of the molecule is CCOCc1nc2c(cnn2CC)c(-c2cncc(C)c2)c1/C=C/C(=O)OCC. The molecule has 3 aromatic heterocycles. The molecular weight excluding hydrogens is 368 g/mol. The van der Waals surface area contributed by atoms with Gasteiger partial charge in [0.05, 0.1) is 25.1 Å². The van der Waals surface area contributed by atoms with Crippen LogP contribution in [0.25, 0.3) is 28.2 Å². The molecule has 3 heterocycles. The number of carbonyl (C=O) groups is 1. The van der Waals surface area contributed by atoms with Crippen LogP contribution in [-0.4, -0.2) is 38.9 Å². The fourth-order valence-electron chi connectivity index (χ4n) is 3.21. The predicted molar refractivity (Wildman–Crippen MR) is 112 cm³/mol. The van der Waals surface area contributed by atoms with Crippen LogP contribution < -0.4 is 0 Å². The van der Waals surface area contributed by atoms with E-state index in [2.05, 4.69) is 16.1 Å². The number of rotatable bonds is 8. The largest absolute Gasteiger partial charge is 0.463 e. The maximum atomic E-state index is 12.0. The molecule has 3 rings (SSSR count). The summed E-state index contributed by atoms with van der Waals surface area (Å²) in [6.45, 7) is 9.67.